The maximum atomic E-state index is 13.4. The molecule has 1 aromatic carbocycles. The number of aliphatic hydroxyl groups is 1. The van der Waals surface area contributed by atoms with E-state index in [1.807, 2.05) is 11.0 Å². The molecule has 0 saturated carbocycles. The van der Waals surface area contributed by atoms with E-state index < -0.39 is 0 Å². The number of carbonyl (C=O) groups is 1. The molecule has 2 heterocycles. The Labute approximate surface area is 148 Å². The highest BCUT2D eigenvalue weighted by atomic mass is 19.1. The second kappa shape index (κ2) is 8.52. The molecule has 2 N–H and O–H groups in total. The second-order valence-electron chi connectivity index (χ2n) is 7.05. The van der Waals surface area contributed by atoms with Crippen molar-refractivity contribution in [1.82, 2.24) is 10.2 Å². The topological polar surface area (TPSA) is 55.8 Å². The lowest BCUT2D eigenvalue weighted by atomic mass is 10.00. The van der Waals surface area contributed by atoms with E-state index in [9.17, 15) is 14.3 Å². The van der Waals surface area contributed by atoms with Gasteiger partial charge in [0.2, 0.25) is 0 Å². The van der Waals surface area contributed by atoms with Crippen LogP contribution in [0.2, 0.25) is 0 Å². The fourth-order valence-electron chi connectivity index (χ4n) is 3.93. The SMILES string of the molecule is O=C(NC1CCN(c2cccc(F)c2)CC1)N1CCCC[C@@H]1CCO. The number of carbonyl (C=O) groups excluding carboxylic acids is 1. The quantitative estimate of drug-likeness (QED) is 0.879. The van der Waals surface area contributed by atoms with Crippen LogP contribution in [0, 0.1) is 5.82 Å². The van der Waals surface area contributed by atoms with Crippen molar-refractivity contribution in [2.45, 2.75) is 50.6 Å². The monoisotopic (exact) mass is 349 g/mol. The van der Waals surface area contributed by atoms with Gasteiger partial charge < -0.3 is 20.2 Å². The summed E-state index contributed by atoms with van der Waals surface area (Å²) in [7, 11) is 0. The number of likely N-dealkylation sites (tertiary alicyclic amines) is 1. The molecule has 2 aliphatic heterocycles. The second-order valence-corrected chi connectivity index (χ2v) is 7.05. The first kappa shape index (κ1) is 18.0. The normalized spacial score (nSPS) is 22.1. The van der Waals surface area contributed by atoms with Crippen molar-refractivity contribution in [2.24, 2.45) is 0 Å². The van der Waals surface area contributed by atoms with Crippen molar-refractivity contribution in [1.29, 1.82) is 0 Å². The Hall–Kier alpha value is -1.82. The molecule has 1 aromatic rings. The first-order valence-corrected chi connectivity index (χ1v) is 9.36. The Bertz CT molecular complexity index is 574. The standard InChI is InChI=1S/C19H28FN3O2/c20-15-4-3-6-18(14-15)22-11-7-16(8-12-22)21-19(25)23-10-2-1-5-17(23)9-13-24/h3-4,6,14,16-17,24H,1-2,5,7-13H2,(H,21,25)/t17-/m1/s1. The lowest BCUT2D eigenvalue weighted by molar-refractivity contribution is 0.128. The van der Waals surface area contributed by atoms with Crippen molar-refractivity contribution in [2.75, 3.05) is 31.1 Å². The van der Waals surface area contributed by atoms with E-state index >= 15 is 0 Å². The summed E-state index contributed by atoms with van der Waals surface area (Å²) < 4.78 is 13.4. The number of aliphatic hydroxyl groups excluding tert-OH is 1. The average molecular weight is 349 g/mol. The number of nitrogens with one attached hydrogen (secondary N) is 1. The number of rotatable bonds is 4. The number of anilines is 1. The molecule has 2 amide bonds. The molecule has 0 aliphatic carbocycles. The summed E-state index contributed by atoms with van der Waals surface area (Å²) in [5, 5.41) is 12.4. The van der Waals surface area contributed by atoms with E-state index in [1.54, 1.807) is 12.1 Å². The molecule has 0 aromatic heterocycles. The number of urea groups is 1. The van der Waals surface area contributed by atoms with Crippen molar-refractivity contribution < 1.29 is 14.3 Å². The van der Waals surface area contributed by atoms with Gasteiger partial charge in [0.05, 0.1) is 0 Å². The maximum Gasteiger partial charge on any atom is 0.317 e. The lowest BCUT2D eigenvalue weighted by Crippen LogP contribution is -2.53. The molecular weight excluding hydrogens is 321 g/mol. The number of hydrogen-bond donors (Lipinski definition) is 2. The molecule has 3 rings (SSSR count). The number of hydrogen-bond acceptors (Lipinski definition) is 3. The van der Waals surface area contributed by atoms with E-state index in [4.69, 9.17) is 0 Å². The Morgan fingerprint density at radius 1 is 1.20 bits per heavy atom. The van der Waals surface area contributed by atoms with Crippen LogP contribution in [0.25, 0.3) is 0 Å². The molecule has 0 unspecified atom stereocenters. The summed E-state index contributed by atoms with van der Waals surface area (Å²) >= 11 is 0. The number of piperidine rings is 2. The van der Waals surface area contributed by atoms with E-state index in [2.05, 4.69) is 10.2 Å². The minimum Gasteiger partial charge on any atom is -0.396 e. The lowest BCUT2D eigenvalue weighted by Gasteiger charge is -2.38. The number of nitrogens with zero attached hydrogens (tertiary/aromatic N) is 2. The molecule has 0 bridgehead atoms. The Balaban J connectivity index is 1.50. The molecule has 2 aliphatic rings. The van der Waals surface area contributed by atoms with Crippen LogP contribution in [0.4, 0.5) is 14.9 Å². The molecule has 0 radical (unpaired) electrons. The highest BCUT2D eigenvalue weighted by molar-refractivity contribution is 5.75. The summed E-state index contributed by atoms with van der Waals surface area (Å²) in [6.45, 7) is 2.53. The van der Waals surface area contributed by atoms with Gasteiger partial charge >= 0.3 is 6.03 Å². The van der Waals surface area contributed by atoms with Crippen LogP contribution in [0.1, 0.15) is 38.5 Å². The van der Waals surface area contributed by atoms with Crippen LogP contribution >= 0.6 is 0 Å². The van der Waals surface area contributed by atoms with Crippen LogP contribution in [0.15, 0.2) is 24.3 Å². The molecule has 1 atom stereocenters. The molecular formula is C19H28FN3O2. The molecule has 2 fully saturated rings. The molecule has 5 nitrogen and oxygen atoms in total. The summed E-state index contributed by atoms with van der Waals surface area (Å²) in [4.78, 5) is 16.7. The van der Waals surface area contributed by atoms with Gasteiger partial charge in [-0.15, -0.1) is 0 Å². The third-order valence-electron chi connectivity index (χ3n) is 5.35. The predicted molar refractivity (Wildman–Crippen MR) is 96.2 cm³/mol. The molecule has 138 valence electrons. The van der Waals surface area contributed by atoms with Crippen LogP contribution in [-0.2, 0) is 0 Å². The number of amides is 2. The van der Waals surface area contributed by atoms with Gasteiger partial charge in [0, 0.05) is 44.0 Å². The Morgan fingerprint density at radius 3 is 2.72 bits per heavy atom. The summed E-state index contributed by atoms with van der Waals surface area (Å²) in [6, 6.07) is 7.00. The Kier molecular flexibility index (Phi) is 6.13. The number of halogens is 1. The van der Waals surface area contributed by atoms with Gasteiger partial charge in [-0.3, -0.25) is 0 Å². The molecule has 0 spiro atoms. The Morgan fingerprint density at radius 2 is 2.00 bits per heavy atom. The highest BCUT2D eigenvalue weighted by Crippen LogP contribution is 2.22. The van der Waals surface area contributed by atoms with Gasteiger partial charge in [0.25, 0.3) is 0 Å². The van der Waals surface area contributed by atoms with Crippen LogP contribution < -0.4 is 10.2 Å². The van der Waals surface area contributed by atoms with Gasteiger partial charge in [0.1, 0.15) is 5.82 Å². The molecule has 2 saturated heterocycles. The molecule has 25 heavy (non-hydrogen) atoms. The van der Waals surface area contributed by atoms with E-state index in [0.29, 0.717) is 6.42 Å². The van der Waals surface area contributed by atoms with Crippen molar-refractivity contribution in [3.8, 4) is 0 Å². The average Bonchev–Trinajstić information content (AvgIpc) is 2.63. The van der Waals surface area contributed by atoms with Gasteiger partial charge in [0.15, 0.2) is 0 Å². The zero-order valence-electron chi connectivity index (χ0n) is 14.7. The third kappa shape index (κ3) is 4.63. The van der Waals surface area contributed by atoms with Gasteiger partial charge in [-0.25, -0.2) is 9.18 Å². The third-order valence-corrected chi connectivity index (χ3v) is 5.35. The van der Waals surface area contributed by atoms with Gasteiger partial charge in [-0.1, -0.05) is 6.07 Å². The van der Waals surface area contributed by atoms with E-state index in [-0.39, 0.29) is 30.5 Å². The largest absolute Gasteiger partial charge is 0.396 e. The summed E-state index contributed by atoms with van der Waals surface area (Å²) in [6.07, 6.45) is 5.52. The van der Waals surface area contributed by atoms with Crippen LogP contribution in [0.3, 0.4) is 0 Å². The predicted octanol–water partition coefficient (Wildman–Crippen LogP) is 2.74. The fourth-order valence-corrected chi connectivity index (χ4v) is 3.93. The highest BCUT2D eigenvalue weighted by Gasteiger charge is 2.28. The maximum absolute atomic E-state index is 13.4. The minimum atomic E-state index is -0.215. The van der Waals surface area contributed by atoms with Crippen molar-refractivity contribution in [3.63, 3.8) is 0 Å². The van der Waals surface area contributed by atoms with Crippen molar-refractivity contribution in [3.05, 3.63) is 30.1 Å². The first-order valence-electron chi connectivity index (χ1n) is 9.36. The first-order chi connectivity index (χ1) is 12.2. The fraction of sp³-hybridized carbons (Fsp3) is 0.632. The number of benzene rings is 1. The van der Waals surface area contributed by atoms with Gasteiger partial charge in [-0.2, -0.15) is 0 Å². The smallest absolute Gasteiger partial charge is 0.317 e. The zero-order chi connectivity index (χ0) is 17.6. The minimum absolute atomic E-state index is 0.00218. The van der Waals surface area contributed by atoms with E-state index in [0.717, 1.165) is 57.4 Å². The van der Waals surface area contributed by atoms with Crippen LogP contribution in [-0.4, -0.2) is 54.4 Å². The zero-order valence-corrected chi connectivity index (χ0v) is 14.7. The van der Waals surface area contributed by atoms with Gasteiger partial charge in [-0.05, 0) is 56.7 Å². The van der Waals surface area contributed by atoms with Crippen LogP contribution in [0.5, 0.6) is 0 Å². The molecule has 6 heteroatoms. The summed E-state index contributed by atoms with van der Waals surface area (Å²) in [5.41, 5.74) is 0.906. The van der Waals surface area contributed by atoms with E-state index in [1.165, 1.54) is 6.07 Å². The van der Waals surface area contributed by atoms with Crippen molar-refractivity contribution >= 4 is 11.7 Å². The summed E-state index contributed by atoms with van der Waals surface area (Å²) in [5.74, 6) is -0.215.